The Kier molecular flexibility index (Phi) is 4.81. The molecule has 2 rings (SSSR count). The predicted molar refractivity (Wildman–Crippen MR) is 77.3 cm³/mol. The van der Waals surface area contributed by atoms with Crippen LogP contribution in [0.2, 0.25) is 0 Å². The SMILES string of the molecule is COc1cc(NCCCCn2ccnc2)c(F)cc1N. The molecule has 0 unspecified atom stereocenters. The summed E-state index contributed by atoms with van der Waals surface area (Å²) in [5, 5.41) is 3.06. The number of unbranched alkanes of at least 4 members (excludes halogenated alkanes) is 1. The Bertz CT molecular complexity index is 542. The minimum absolute atomic E-state index is 0.302. The van der Waals surface area contributed by atoms with E-state index in [9.17, 15) is 4.39 Å². The molecule has 0 amide bonds. The third kappa shape index (κ3) is 3.63. The molecule has 0 radical (unpaired) electrons. The maximum Gasteiger partial charge on any atom is 0.148 e. The summed E-state index contributed by atoms with van der Waals surface area (Å²) >= 11 is 0. The molecule has 1 aromatic heterocycles. The monoisotopic (exact) mass is 278 g/mol. The topological polar surface area (TPSA) is 65.1 Å². The summed E-state index contributed by atoms with van der Waals surface area (Å²) in [7, 11) is 1.51. The second-order valence-corrected chi connectivity index (χ2v) is 4.51. The highest BCUT2D eigenvalue weighted by Gasteiger charge is 2.07. The number of hydrogen-bond donors (Lipinski definition) is 2. The lowest BCUT2D eigenvalue weighted by Gasteiger charge is -2.11. The summed E-state index contributed by atoms with van der Waals surface area (Å²) in [6.45, 7) is 1.61. The van der Waals surface area contributed by atoms with E-state index in [0.29, 0.717) is 23.7 Å². The predicted octanol–water partition coefficient (Wildman–Crippen LogP) is 2.51. The maximum absolute atomic E-state index is 13.7. The van der Waals surface area contributed by atoms with E-state index in [4.69, 9.17) is 10.5 Å². The molecule has 3 N–H and O–H groups in total. The van der Waals surface area contributed by atoms with E-state index in [-0.39, 0.29) is 5.82 Å². The average molecular weight is 278 g/mol. The lowest BCUT2D eigenvalue weighted by Crippen LogP contribution is -2.06. The normalized spacial score (nSPS) is 10.5. The number of imidazole rings is 1. The second kappa shape index (κ2) is 6.79. The number of hydrogen-bond acceptors (Lipinski definition) is 4. The van der Waals surface area contributed by atoms with Crippen molar-refractivity contribution in [2.24, 2.45) is 0 Å². The van der Waals surface area contributed by atoms with Crippen molar-refractivity contribution < 1.29 is 9.13 Å². The molecule has 0 bridgehead atoms. The summed E-state index contributed by atoms with van der Waals surface area (Å²) in [5.74, 6) is 0.116. The minimum Gasteiger partial charge on any atom is -0.495 e. The van der Waals surface area contributed by atoms with Gasteiger partial charge in [0.15, 0.2) is 0 Å². The molecule has 0 saturated carbocycles. The van der Waals surface area contributed by atoms with Crippen LogP contribution in [-0.4, -0.2) is 23.2 Å². The van der Waals surface area contributed by atoms with Gasteiger partial charge in [0, 0.05) is 37.6 Å². The summed E-state index contributed by atoms with van der Waals surface area (Å²) < 4.78 is 20.8. The number of ether oxygens (including phenoxy) is 1. The van der Waals surface area contributed by atoms with E-state index < -0.39 is 0 Å². The standard InChI is InChI=1S/C14H19FN4O/c1-20-14-9-13(11(15)8-12(14)16)18-4-2-3-6-19-7-5-17-10-19/h5,7-10,18H,2-4,6,16H2,1H3. The molecule has 0 saturated heterocycles. The van der Waals surface area contributed by atoms with Crippen molar-refractivity contribution in [3.8, 4) is 5.75 Å². The van der Waals surface area contributed by atoms with Crippen molar-refractivity contribution in [2.75, 3.05) is 24.7 Å². The zero-order valence-corrected chi connectivity index (χ0v) is 11.5. The van der Waals surface area contributed by atoms with Gasteiger partial charge in [-0.1, -0.05) is 0 Å². The van der Waals surface area contributed by atoms with Gasteiger partial charge in [0.25, 0.3) is 0 Å². The number of nitrogens with zero attached hydrogens (tertiary/aromatic N) is 2. The number of aryl methyl sites for hydroxylation is 1. The highest BCUT2D eigenvalue weighted by Crippen LogP contribution is 2.28. The average Bonchev–Trinajstić information content (AvgIpc) is 2.93. The Morgan fingerprint density at radius 1 is 1.40 bits per heavy atom. The molecule has 0 aliphatic carbocycles. The van der Waals surface area contributed by atoms with E-state index in [1.165, 1.54) is 13.2 Å². The van der Waals surface area contributed by atoms with Crippen LogP contribution >= 0.6 is 0 Å². The molecule has 6 heteroatoms. The first-order chi connectivity index (χ1) is 9.70. The van der Waals surface area contributed by atoms with Crippen LogP contribution in [0.4, 0.5) is 15.8 Å². The Labute approximate surface area is 117 Å². The molecule has 0 aliphatic heterocycles. The molecule has 2 aromatic rings. The van der Waals surface area contributed by atoms with Crippen molar-refractivity contribution in [3.63, 3.8) is 0 Å². The van der Waals surface area contributed by atoms with Crippen molar-refractivity contribution >= 4 is 11.4 Å². The molecular weight excluding hydrogens is 259 g/mol. The fraction of sp³-hybridized carbons (Fsp3) is 0.357. The van der Waals surface area contributed by atoms with Crippen molar-refractivity contribution in [2.45, 2.75) is 19.4 Å². The number of benzene rings is 1. The Hall–Kier alpha value is -2.24. The third-order valence-electron chi connectivity index (χ3n) is 3.04. The number of anilines is 2. The first kappa shape index (κ1) is 14.2. The number of rotatable bonds is 7. The lowest BCUT2D eigenvalue weighted by atomic mass is 10.2. The van der Waals surface area contributed by atoms with Crippen LogP contribution in [0.5, 0.6) is 5.75 Å². The number of methoxy groups -OCH3 is 1. The number of halogens is 1. The van der Waals surface area contributed by atoms with Crippen molar-refractivity contribution in [3.05, 3.63) is 36.7 Å². The molecule has 5 nitrogen and oxygen atoms in total. The van der Waals surface area contributed by atoms with Crippen molar-refractivity contribution in [1.82, 2.24) is 9.55 Å². The molecule has 0 atom stereocenters. The molecular formula is C14H19FN4O. The van der Waals surface area contributed by atoms with Crippen LogP contribution in [0, 0.1) is 5.82 Å². The van der Waals surface area contributed by atoms with E-state index in [2.05, 4.69) is 10.3 Å². The number of nitrogen functional groups attached to an aromatic ring is 1. The van der Waals surface area contributed by atoms with Gasteiger partial charge in [-0.05, 0) is 12.8 Å². The molecule has 0 fully saturated rings. The van der Waals surface area contributed by atoms with Gasteiger partial charge in [-0.2, -0.15) is 0 Å². The van der Waals surface area contributed by atoms with Crippen LogP contribution in [0.1, 0.15) is 12.8 Å². The molecule has 0 spiro atoms. The lowest BCUT2D eigenvalue weighted by molar-refractivity contribution is 0.416. The van der Waals surface area contributed by atoms with E-state index in [0.717, 1.165) is 19.4 Å². The van der Waals surface area contributed by atoms with Crippen LogP contribution < -0.4 is 15.8 Å². The van der Waals surface area contributed by atoms with E-state index in [1.54, 1.807) is 18.6 Å². The van der Waals surface area contributed by atoms with Crippen LogP contribution in [0.3, 0.4) is 0 Å². The van der Waals surface area contributed by atoms with Gasteiger partial charge in [0.2, 0.25) is 0 Å². The van der Waals surface area contributed by atoms with Crippen LogP contribution in [0.25, 0.3) is 0 Å². The smallest absolute Gasteiger partial charge is 0.148 e. The van der Waals surface area contributed by atoms with Gasteiger partial charge in [-0.15, -0.1) is 0 Å². The van der Waals surface area contributed by atoms with Gasteiger partial charge >= 0.3 is 0 Å². The van der Waals surface area contributed by atoms with Gasteiger partial charge in [-0.25, -0.2) is 9.37 Å². The fourth-order valence-corrected chi connectivity index (χ4v) is 1.94. The molecule has 1 aromatic carbocycles. The molecule has 1 heterocycles. The fourth-order valence-electron chi connectivity index (χ4n) is 1.94. The van der Waals surface area contributed by atoms with Crippen LogP contribution in [-0.2, 0) is 6.54 Å². The number of nitrogens with two attached hydrogens (primary N) is 1. The number of nitrogens with one attached hydrogen (secondary N) is 1. The number of aromatic nitrogens is 2. The third-order valence-corrected chi connectivity index (χ3v) is 3.04. The van der Waals surface area contributed by atoms with Crippen molar-refractivity contribution in [1.29, 1.82) is 0 Å². The summed E-state index contributed by atoms with van der Waals surface area (Å²) in [6, 6.07) is 2.85. The molecule has 108 valence electrons. The second-order valence-electron chi connectivity index (χ2n) is 4.51. The van der Waals surface area contributed by atoms with E-state index >= 15 is 0 Å². The van der Waals surface area contributed by atoms with Gasteiger partial charge in [0.05, 0.1) is 24.8 Å². The quantitative estimate of drug-likeness (QED) is 0.603. The largest absolute Gasteiger partial charge is 0.495 e. The highest BCUT2D eigenvalue weighted by molar-refractivity contribution is 5.62. The highest BCUT2D eigenvalue weighted by atomic mass is 19.1. The minimum atomic E-state index is -0.363. The Balaban J connectivity index is 1.79. The molecule has 0 aliphatic rings. The Morgan fingerprint density at radius 3 is 2.95 bits per heavy atom. The molecule has 20 heavy (non-hydrogen) atoms. The van der Waals surface area contributed by atoms with Gasteiger partial charge in [-0.3, -0.25) is 0 Å². The zero-order chi connectivity index (χ0) is 14.4. The summed E-state index contributed by atoms with van der Waals surface area (Å²) in [6.07, 6.45) is 7.41. The van der Waals surface area contributed by atoms with Gasteiger partial charge < -0.3 is 20.4 Å². The zero-order valence-electron chi connectivity index (χ0n) is 11.5. The maximum atomic E-state index is 13.7. The Morgan fingerprint density at radius 2 is 2.25 bits per heavy atom. The van der Waals surface area contributed by atoms with Gasteiger partial charge in [0.1, 0.15) is 11.6 Å². The summed E-state index contributed by atoms with van der Waals surface area (Å²) in [5.41, 5.74) is 6.35. The summed E-state index contributed by atoms with van der Waals surface area (Å²) in [4.78, 5) is 3.98. The van der Waals surface area contributed by atoms with Crippen LogP contribution in [0.15, 0.2) is 30.9 Å². The van der Waals surface area contributed by atoms with E-state index in [1.807, 2.05) is 10.8 Å². The first-order valence-electron chi connectivity index (χ1n) is 6.53. The first-order valence-corrected chi connectivity index (χ1v) is 6.53.